The topological polar surface area (TPSA) is 89.9 Å². The minimum Gasteiger partial charge on any atom is -0.502 e. The van der Waals surface area contributed by atoms with Crippen LogP contribution in [0.3, 0.4) is 0 Å². The number of aliphatic hydroxyl groups is 1. The van der Waals surface area contributed by atoms with Crippen LogP contribution in [0.15, 0.2) is 109 Å². The first kappa shape index (κ1) is 28.0. The summed E-state index contributed by atoms with van der Waals surface area (Å²) < 4.78 is 11.6. The zero-order valence-corrected chi connectivity index (χ0v) is 22.4. The van der Waals surface area contributed by atoms with Gasteiger partial charge in [-0.1, -0.05) is 84.9 Å². The second-order valence-corrected chi connectivity index (χ2v) is 9.42. The number of hydrogen-bond donors (Lipinski definition) is 1. The summed E-state index contributed by atoms with van der Waals surface area (Å²) in [6, 6.07) is 28.7. The van der Waals surface area contributed by atoms with Gasteiger partial charge in [0.1, 0.15) is 11.9 Å². The molecule has 1 unspecified atom stereocenters. The molecular weight excluding hydrogens is 504 g/mol. The van der Waals surface area contributed by atoms with E-state index in [0.717, 1.165) is 16.7 Å². The molecule has 0 heterocycles. The number of carbonyl (C=O) groups is 3. The van der Waals surface area contributed by atoms with Gasteiger partial charge in [0, 0.05) is 28.7 Å². The quantitative estimate of drug-likeness (QED) is 0.0975. The molecule has 0 fully saturated rings. The van der Waals surface area contributed by atoms with Crippen LogP contribution in [0.5, 0.6) is 5.75 Å². The van der Waals surface area contributed by atoms with Crippen LogP contribution in [0.1, 0.15) is 61.1 Å². The molecule has 4 rings (SSSR count). The maximum atomic E-state index is 13.2. The molecule has 1 atom stereocenters. The van der Waals surface area contributed by atoms with Gasteiger partial charge in [-0.2, -0.15) is 0 Å². The number of aliphatic hydroxyl groups excluding tert-OH is 1. The maximum Gasteiger partial charge on any atom is 0.372 e. The van der Waals surface area contributed by atoms with E-state index >= 15 is 0 Å². The highest BCUT2D eigenvalue weighted by Gasteiger charge is 2.22. The van der Waals surface area contributed by atoms with Gasteiger partial charge in [0.05, 0.1) is 6.61 Å². The summed E-state index contributed by atoms with van der Waals surface area (Å²) in [5.74, 6) is -1.38. The average molecular weight is 535 g/mol. The summed E-state index contributed by atoms with van der Waals surface area (Å²) >= 11 is 0. The molecule has 0 amide bonds. The number of hydrogen-bond acceptors (Lipinski definition) is 6. The first-order valence-corrected chi connectivity index (χ1v) is 12.9. The van der Waals surface area contributed by atoms with E-state index in [9.17, 15) is 19.5 Å². The Morgan fingerprint density at radius 2 is 1.25 bits per heavy atom. The normalized spacial score (nSPS) is 11.3. The molecule has 4 aromatic rings. The van der Waals surface area contributed by atoms with Crippen molar-refractivity contribution in [2.75, 3.05) is 6.61 Å². The monoisotopic (exact) mass is 534 g/mol. The van der Waals surface area contributed by atoms with E-state index < -0.39 is 17.8 Å². The van der Waals surface area contributed by atoms with Crippen LogP contribution in [0, 0.1) is 13.8 Å². The molecule has 40 heavy (non-hydrogen) atoms. The van der Waals surface area contributed by atoms with Crippen LogP contribution >= 0.6 is 0 Å². The number of benzene rings is 4. The molecule has 6 heteroatoms. The predicted molar refractivity (Wildman–Crippen MR) is 153 cm³/mol. The smallest absolute Gasteiger partial charge is 0.372 e. The summed E-state index contributed by atoms with van der Waals surface area (Å²) in [4.78, 5) is 38.1. The largest absolute Gasteiger partial charge is 0.502 e. The Morgan fingerprint density at radius 1 is 0.725 bits per heavy atom. The van der Waals surface area contributed by atoms with E-state index in [2.05, 4.69) is 6.58 Å². The lowest BCUT2D eigenvalue weighted by Gasteiger charge is -2.23. The Kier molecular flexibility index (Phi) is 8.92. The standard InChI is InChI=1S/C34H30O6/c1-22-14-16-27(32(36)25-10-6-4-7-11-25)20-29(22)30(18-19-39-34(38)24(3)35)40-31-21-28(17-15-23(31)2)33(37)26-12-8-5-9-13-26/h4-17,20-21,30,35H,3,18-19H2,1-2H3. The number of esters is 1. The van der Waals surface area contributed by atoms with Gasteiger partial charge < -0.3 is 14.6 Å². The molecule has 0 spiro atoms. The van der Waals surface area contributed by atoms with Crippen molar-refractivity contribution in [3.63, 3.8) is 0 Å². The van der Waals surface area contributed by atoms with Crippen LogP contribution < -0.4 is 4.74 Å². The van der Waals surface area contributed by atoms with E-state index in [0.29, 0.717) is 28.0 Å². The molecule has 0 bridgehead atoms. The molecule has 6 nitrogen and oxygen atoms in total. The zero-order valence-electron chi connectivity index (χ0n) is 22.4. The number of aryl methyl sites for hydroxylation is 2. The van der Waals surface area contributed by atoms with Crippen molar-refractivity contribution in [3.8, 4) is 5.75 Å². The molecular formula is C34H30O6. The fourth-order valence-corrected chi connectivity index (χ4v) is 4.28. The lowest BCUT2D eigenvalue weighted by atomic mass is 9.94. The number of rotatable bonds is 11. The highest BCUT2D eigenvalue weighted by atomic mass is 16.5. The van der Waals surface area contributed by atoms with Gasteiger partial charge in [-0.15, -0.1) is 0 Å². The van der Waals surface area contributed by atoms with Gasteiger partial charge in [0.25, 0.3) is 0 Å². The van der Waals surface area contributed by atoms with Gasteiger partial charge >= 0.3 is 5.97 Å². The molecule has 0 aromatic heterocycles. The molecule has 0 saturated heterocycles. The molecule has 0 aliphatic carbocycles. The average Bonchev–Trinajstić information content (AvgIpc) is 2.98. The molecule has 0 aliphatic heterocycles. The molecule has 0 radical (unpaired) electrons. The summed E-state index contributed by atoms with van der Waals surface area (Å²) in [6.07, 6.45) is -0.414. The van der Waals surface area contributed by atoms with Crippen LogP contribution in [-0.2, 0) is 9.53 Å². The Morgan fingerprint density at radius 3 is 1.80 bits per heavy atom. The highest BCUT2D eigenvalue weighted by Crippen LogP contribution is 2.32. The highest BCUT2D eigenvalue weighted by molar-refractivity contribution is 6.09. The minimum absolute atomic E-state index is 0.0684. The SMILES string of the molecule is C=C(O)C(=O)OCCC(Oc1cc(C(=O)c2ccccc2)ccc1C)c1cc(C(=O)c2ccccc2)ccc1C. The first-order valence-electron chi connectivity index (χ1n) is 12.9. The lowest BCUT2D eigenvalue weighted by Crippen LogP contribution is -2.16. The lowest BCUT2D eigenvalue weighted by molar-refractivity contribution is -0.142. The van der Waals surface area contributed by atoms with Crippen molar-refractivity contribution < 1.29 is 29.0 Å². The third-order valence-electron chi connectivity index (χ3n) is 6.53. The van der Waals surface area contributed by atoms with Gasteiger partial charge in [0.15, 0.2) is 17.3 Å². The number of ketones is 2. The van der Waals surface area contributed by atoms with Gasteiger partial charge in [0.2, 0.25) is 0 Å². The Balaban J connectivity index is 1.68. The van der Waals surface area contributed by atoms with Crippen LogP contribution in [0.2, 0.25) is 0 Å². The predicted octanol–water partition coefficient (Wildman–Crippen LogP) is 6.89. The van der Waals surface area contributed by atoms with Gasteiger partial charge in [-0.05, 0) is 49.2 Å². The molecule has 202 valence electrons. The molecule has 4 aromatic carbocycles. The van der Waals surface area contributed by atoms with Crippen molar-refractivity contribution in [2.45, 2.75) is 26.4 Å². The van der Waals surface area contributed by atoms with Gasteiger partial charge in [-0.3, -0.25) is 9.59 Å². The summed E-state index contributed by atoms with van der Waals surface area (Å²) in [6.45, 7) is 6.91. The fourth-order valence-electron chi connectivity index (χ4n) is 4.28. The third kappa shape index (κ3) is 6.72. The molecule has 1 N–H and O–H groups in total. The van der Waals surface area contributed by atoms with Crippen molar-refractivity contribution in [2.24, 2.45) is 0 Å². The number of ether oxygens (including phenoxy) is 2. The van der Waals surface area contributed by atoms with E-state index in [1.807, 2.05) is 62.4 Å². The second kappa shape index (κ2) is 12.7. The first-order chi connectivity index (χ1) is 19.2. The van der Waals surface area contributed by atoms with Crippen LogP contribution in [0.4, 0.5) is 0 Å². The van der Waals surface area contributed by atoms with Crippen molar-refractivity contribution in [1.82, 2.24) is 0 Å². The summed E-state index contributed by atoms with van der Waals surface area (Å²) in [7, 11) is 0. The molecule has 0 saturated carbocycles. The van der Waals surface area contributed by atoms with Crippen molar-refractivity contribution in [3.05, 3.63) is 148 Å². The summed E-state index contributed by atoms with van der Waals surface area (Å²) in [5, 5.41) is 9.33. The van der Waals surface area contributed by atoms with Crippen molar-refractivity contribution in [1.29, 1.82) is 0 Å². The van der Waals surface area contributed by atoms with E-state index in [1.165, 1.54) is 0 Å². The Hall–Kier alpha value is -4.97. The van der Waals surface area contributed by atoms with E-state index in [1.54, 1.807) is 48.5 Å². The number of carbonyl (C=O) groups excluding carboxylic acids is 3. The summed E-state index contributed by atoms with van der Waals surface area (Å²) in [5.41, 5.74) is 4.51. The molecule has 0 aliphatic rings. The van der Waals surface area contributed by atoms with Crippen molar-refractivity contribution >= 4 is 17.5 Å². The minimum atomic E-state index is -0.921. The van der Waals surface area contributed by atoms with Crippen LogP contribution in [0.25, 0.3) is 0 Å². The Labute approximate surface area is 233 Å². The maximum absolute atomic E-state index is 13.2. The Bertz CT molecular complexity index is 1540. The fraction of sp³-hybridized carbons (Fsp3) is 0.147. The van der Waals surface area contributed by atoms with Crippen LogP contribution in [-0.4, -0.2) is 29.2 Å². The zero-order chi connectivity index (χ0) is 28.6. The third-order valence-corrected chi connectivity index (χ3v) is 6.53. The van der Waals surface area contributed by atoms with E-state index in [-0.39, 0.29) is 24.6 Å². The van der Waals surface area contributed by atoms with E-state index in [4.69, 9.17) is 9.47 Å². The van der Waals surface area contributed by atoms with Gasteiger partial charge in [-0.25, -0.2) is 4.79 Å². The second-order valence-electron chi connectivity index (χ2n) is 9.42.